The zero-order valence-electron chi connectivity index (χ0n) is 22.1. The Kier molecular flexibility index (Phi) is 8.98. The van der Waals surface area contributed by atoms with Crippen molar-refractivity contribution in [1.82, 2.24) is 20.4 Å². The minimum absolute atomic E-state index is 0.0444. The van der Waals surface area contributed by atoms with Crippen LogP contribution in [0.5, 0.6) is 0 Å². The lowest BCUT2D eigenvalue weighted by molar-refractivity contribution is -0.139. The van der Waals surface area contributed by atoms with Gasteiger partial charge in [0.05, 0.1) is 12.6 Å². The molecule has 3 atom stereocenters. The molecule has 2 aliphatic rings. The summed E-state index contributed by atoms with van der Waals surface area (Å²) in [6.45, 7) is 7.28. The predicted octanol–water partition coefficient (Wildman–Crippen LogP) is 2.93. The normalized spacial score (nSPS) is 21.0. The van der Waals surface area contributed by atoms with E-state index in [2.05, 4.69) is 22.8 Å². The standard InChI is InChI=1S/C27H40N4O5/c1-18(30(5)26(35)36-27(2,3)4)24(33)29-22-14-8-9-16-31(25(22)34)17-23(32)28-21-15-10-12-19-11-6-7-13-20(19)21/h6-7,11,13,18,21-22H,8-10,12,14-17H2,1-5H3,(H,28,32)(H,29,33). The SMILES string of the molecule is CC(C(=O)NC1CCCCN(CC(=O)NC2CCCc3ccccc32)C1=O)N(C)C(=O)OC(C)(C)C. The van der Waals surface area contributed by atoms with Crippen LogP contribution < -0.4 is 10.6 Å². The molecule has 2 N–H and O–H groups in total. The number of likely N-dealkylation sites (tertiary alicyclic amines) is 1. The van der Waals surface area contributed by atoms with Crippen molar-refractivity contribution in [1.29, 1.82) is 0 Å². The van der Waals surface area contributed by atoms with Gasteiger partial charge < -0.3 is 20.3 Å². The number of rotatable bonds is 6. The predicted molar refractivity (Wildman–Crippen MR) is 136 cm³/mol. The summed E-state index contributed by atoms with van der Waals surface area (Å²) in [5.41, 5.74) is 1.72. The number of aryl methyl sites for hydroxylation is 1. The lowest BCUT2D eigenvalue weighted by Gasteiger charge is -2.30. The van der Waals surface area contributed by atoms with Crippen molar-refractivity contribution in [2.75, 3.05) is 20.1 Å². The topological polar surface area (TPSA) is 108 Å². The maximum atomic E-state index is 13.2. The third-order valence-corrected chi connectivity index (χ3v) is 6.78. The highest BCUT2D eigenvalue weighted by molar-refractivity contribution is 5.93. The Morgan fingerprint density at radius 1 is 1.08 bits per heavy atom. The van der Waals surface area contributed by atoms with Gasteiger partial charge in [0.2, 0.25) is 17.7 Å². The molecular formula is C27H40N4O5. The second-order valence-electron chi connectivity index (χ2n) is 10.8. The van der Waals surface area contributed by atoms with Crippen LogP contribution in [0, 0.1) is 0 Å². The molecule has 3 unspecified atom stereocenters. The lowest BCUT2D eigenvalue weighted by Crippen LogP contribution is -2.54. The molecule has 3 rings (SSSR count). The molecular weight excluding hydrogens is 460 g/mol. The van der Waals surface area contributed by atoms with Gasteiger partial charge in [0.1, 0.15) is 17.7 Å². The van der Waals surface area contributed by atoms with E-state index in [1.165, 1.54) is 22.4 Å². The van der Waals surface area contributed by atoms with Crippen molar-refractivity contribution in [3.05, 3.63) is 35.4 Å². The largest absolute Gasteiger partial charge is 0.444 e. The van der Waals surface area contributed by atoms with E-state index >= 15 is 0 Å². The number of nitrogens with one attached hydrogen (secondary N) is 2. The number of ether oxygens (including phenoxy) is 1. The average molecular weight is 501 g/mol. The highest BCUT2D eigenvalue weighted by Crippen LogP contribution is 2.29. The summed E-state index contributed by atoms with van der Waals surface area (Å²) >= 11 is 0. The Morgan fingerprint density at radius 3 is 2.50 bits per heavy atom. The molecule has 4 amide bonds. The summed E-state index contributed by atoms with van der Waals surface area (Å²) in [7, 11) is 1.49. The maximum absolute atomic E-state index is 13.2. The number of hydrogen-bond donors (Lipinski definition) is 2. The summed E-state index contributed by atoms with van der Waals surface area (Å²) in [5.74, 6) is -0.908. The minimum Gasteiger partial charge on any atom is -0.444 e. The number of carbonyl (C=O) groups is 4. The zero-order valence-corrected chi connectivity index (χ0v) is 22.1. The first-order valence-corrected chi connectivity index (χ1v) is 12.9. The van der Waals surface area contributed by atoms with Crippen molar-refractivity contribution in [2.24, 2.45) is 0 Å². The molecule has 9 nitrogen and oxygen atoms in total. The zero-order chi connectivity index (χ0) is 26.5. The quantitative estimate of drug-likeness (QED) is 0.624. The Morgan fingerprint density at radius 2 is 1.78 bits per heavy atom. The molecule has 0 spiro atoms. The molecule has 1 aliphatic carbocycles. The van der Waals surface area contributed by atoms with Crippen LogP contribution in [-0.2, 0) is 25.5 Å². The molecule has 36 heavy (non-hydrogen) atoms. The highest BCUT2D eigenvalue weighted by atomic mass is 16.6. The maximum Gasteiger partial charge on any atom is 0.410 e. The van der Waals surface area contributed by atoms with E-state index in [0.717, 1.165) is 37.7 Å². The van der Waals surface area contributed by atoms with Gasteiger partial charge >= 0.3 is 6.09 Å². The van der Waals surface area contributed by atoms with Crippen molar-refractivity contribution >= 4 is 23.8 Å². The monoisotopic (exact) mass is 500 g/mol. The average Bonchev–Trinajstić information content (AvgIpc) is 2.98. The van der Waals surface area contributed by atoms with Gasteiger partial charge in [-0.25, -0.2) is 4.79 Å². The van der Waals surface area contributed by atoms with Crippen LogP contribution in [0.25, 0.3) is 0 Å². The van der Waals surface area contributed by atoms with Gasteiger partial charge in [0.15, 0.2) is 0 Å². The van der Waals surface area contributed by atoms with Crippen LogP contribution in [0.4, 0.5) is 4.79 Å². The molecule has 0 radical (unpaired) electrons. The molecule has 1 fully saturated rings. The van der Waals surface area contributed by atoms with E-state index in [4.69, 9.17) is 4.74 Å². The number of likely N-dealkylation sites (N-methyl/N-ethyl adjacent to an activating group) is 1. The highest BCUT2D eigenvalue weighted by Gasteiger charge is 2.33. The first-order valence-electron chi connectivity index (χ1n) is 12.9. The van der Waals surface area contributed by atoms with Crippen molar-refractivity contribution in [2.45, 2.75) is 89.9 Å². The summed E-state index contributed by atoms with van der Waals surface area (Å²) in [4.78, 5) is 54.1. The third-order valence-electron chi connectivity index (χ3n) is 6.78. The Bertz CT molecular complexity index is 973. The van der Waals surface area contributed by atoms with Gasteiger partial charge in [-0.1, -0.05) is 24.3 Å². The van der Waals surface area contributed by atoms with Crippen LogP contribution in [0.3, 0.4) is 0 Å². The third kappa shape index (κ3) is 7.21. The summed E-state index contributed by atoms with van der Waals surface area (Å²) in [6.07, 6.45) is 4.27. The van der Waals surface area contributed by atoms with Crippen LogP contribution >= 0.6 is 0 Å². The van der Waals surface area contributed by atoms with E-state index in [1.54, 1.807) is 27.7 Å². The van der Waals surface area contributed by atoms with Gasteiger partial charge in [-0.3, -0.25) is 19.3 Å². The van der Waals surface area contributed by atoms with Gasteiger partial charge in [0.25, 0.3) is 0 Å². The fourth-order valence-corrected chi connectivity index (χ4v) is 4.67. The van der Waals surface area contributed by atoms with E-state index in [1.807, 2.05) is 12.1 Å². The summed E-state index contributed by atoms with van der Waals surface area (Å²) < 4.78 is 5.33. The molecule has 0 bridgehead atoms. The number of carbonyl (C=O) groups excluding carboxylic acids is 4. The fourth-order valence-electron chi connectivity index (χ4n) is 4.67. The molecule has 0 saturated carbocycles. The van der Waals surface area contributed by atoms with Gasteiger partial charge in [-0.15, -0.1) is 0 Å². The van der Waals surface area contributed by atoms with Crippen LogP contribution in [-0.4, -0.2) is 71.4 Å². The van der Waals surface area contributed by atoms with Crippen LogP contribution in [0.2, 0.25) is 0 Å². The van der Waals surface area contributed by atoms with E-state index < -0.39 is 29.7 Å². The van der Waals surface area contributed by atoms with Crippen molar-refractivity contribution < 1.29 is 23.9 Å². The van der Waals surface area contributed by atoms with Crippen molar-refractivity contribution in [3.63, 3.8) is 0 Å². The van der Waals surface area contributed by atoms with E-state index in [0.29, 0.717) is 13.0 Å². The molecule has 198 valence electrons. The smallest absolute Gasteiger partial charge is 0.410 e. The van der Waals surface area contributed by atoms with Gasteiger partial charge in [0, 0.05) is 13.6 Å². The molecule has 0 aromatic heterocycles. The molecule has 1 heterocycles. The fraction of sp³-hybridized carbons (Fsp3) is 0.630. The van der Waals surface area contributed by atoms with Crippen molar-refractivity contribution in [3.8, 4) is 0 Å². The Hall–Kier alpha value is -3.10. The Balaban J connectivity index is 1.58. The number of benzene rings is 1. The summed E-state index contributed by atoms with van der Waals surface area (Å²) in [5, 5.41) is 5.90. The second kappa shape index (κ2) is 11.8. The minimum atomic E-state index is -0.820. The molecule has 1 aliphatic heterocycles. The molecule has 1 saturated heterocycles. The van der Waals surface area contributed by atoms with Gasteiger partial charge in [-0.05, 0) is 77.3 Å². The Labute approximate surface area is 213 Å². The summed E-state index contributed by atoms with van der Waals surface area (Å²) in [6, 6.07) is 6.54. The number of fused-ring (bicyclic) bond motifs is 1. The lowest BCUT2D eigenvalue weighted by atomic mass is 9.88. The number of amides is 4. The molecule has 9 heteroatoms. The molecule has 1 aromatic carbocycles. The van der Waals surface area contributed by atoms with Crippen LogP contribution in [0.15, 0.2) is 24.3 Å². The number of nitrogens with zero attached hydrogens (tertiary/aromatic N) is 2. The molecule has 1 aromatic rings. The first-order chi connectivity index (χ1) is 17.0. The first kappa shape index (κ1) is 27.5. The number of hydrogen-bond acceptors (Lipinski definition) is 5. The van der Waals surface area contributed by atoms with E-state index in [-0.39, 0.29) is 24.4 Å². The van der Waals surface area contributed by atoms with Crippen LogP contribution in [0.1, 0.15) is 77.0 Å². The van der Waals surface area contributed by atoms with Gasteiger partial charge in [-0.2, -0.15) is 0 Å². The second-order valence-corrected chi connectivity index (χ2v) is 10.8. The van der Waals surface area contributed by atoms with E-state index in [9.17, 15) is 19.2 Å².